The molecule has 12 heteroatoms. The van der Waals surface area contributed by atoms with Gasteiger partial charge in [-0.2, -0.15) is 0 Å². The number of carboxylic acid groups (broad SMARTS) is 2. The number of aliphatic hydroxyl groups is 1. The van der Waals surface area contributed by atoms with Crippen LogP contribution in [-0.2, 0) is 24.0 Å². The minimum Gasteiger partial charge on any atom is -0.481 e. The van der Waals surface area contributed by atoms with E-state index >= 15 is 0 Å². The average molecular weight is 432 g/mol. The molecule has 0 spiro atoms. The first kappa shape index (κ1) is 27.3. The zero-order valence-electron chi connectivity index (χ0n) is 17.5. The largest absolute Gasteiger partial charge is 0.481 e. The maximum atomic E-state index is 12.7. The molecule has 172 valence electrons. The molecule has 8 N–H and O–H groups in total. The maximum absolute atomic E-state index is 12.7. The topological polar surface area (TPSA) is 208 Å². The predicted molar refractivity (Wildman–Crippen MR) is 105 cm³/mol. The first-order chi connectivity index (χ1) is 13.8. The minimum absolute atomic E-state index is 0.418. The molecule has 0 radical (unpaired) electrons. The van der Waals surface area contributed by atoms with Gasteiger partial charge in [0.25, 0.3) is 0 Å². The van der Waals surface area contributed by atoms with Crippen LogP contribution < -0.4 is 21.7 Å². The second kappa shape index (κ2) is 12.8. The summed E-state index contributed by atoms with van der Waals surface area (Å²) >= 11 is 0. The summed E-state index contributed by atoms with van der Waals surface area (Å²) in [6.07, 6.45) is -0.336. The zero-order chi connectivity index (χ0) is 23.6. The molecule has 0 saturated carbocycles. The van der Waals surface area contributed by atoms with Crippen LogP contribution in [0.1, 0.15) is 40.5 Å². The number of nitrogens with two attached hydrogens (primary N) is 1. The Morgan fingerprint density at radius 2 is 1.40 bits per heavy atom. The Hall–Kier alpha value is -2.73. The normalized spacial score (nSPS) is 16.0. The number of carbonyl (C=O) groups is 5. The maximum Gasteiger partial charge on any atom is 0.326 e. The molecule has 0 bridgehead atoms. The summed E-state index contributed by atoms with van der Waals surface area (Å²) < 4.78 is 0. The molecule has 5 unspecified atom stereocenters. The SMILES string of the molecule is CCC(C)C(NC(=O)C(CC(=O)O)NC(=O)C(N)CO)C(=O)NC(C(=O)O)C(C)C. The van der Waals surface area contributed by atoms with Gasteiger partial charge in [0.2, 0.25) is 17.7 Å². The summed E-state index contributed by atoms with van der Waals surface area (Å²) in [6.45, 7) is 5.92. The van der Waals surface area contributed by atoms with Gasteiger partial charge in [0.05, 0.1) is 13.0 Å². The number of hydrogen-bond donors (Lipinski definition) is 7. The molecule has 0 aliphatic carbocycles. The highest BCUT2D eigenvalue weighted by atomic mass is 16.4. The lowest BCUT2D eigenvalue weighted by molar-refractivity contribution is -0.144. The third-order valence-electron chi connectivity index (χ3n) is 4.57. The second-order valence-electron chi connectivity index (χ2n) is 7.39. The highest BCUT2D eigenvalue weighted by molar-refractivity contribution is 5.95. The van der Waals surface area contributed by atoms with E-state index in [9.17, 15) is 29.1 Å². The van der Waals surface area contributed by atoms with Crippen LogP contribution in [0.2, 0.25) is 0 Å². The van der Waals surface area contributed by atoms with Gasteiger partial charge < -0.3 is 37.0 Å². The summed E-state index contributed by atoms with van der Waals surface area (Å²) in [5.74, 6) is -6.09. The van der Waals surface area contributed by atoms with Crippen LogP contribution in [0.15, 0.2) is 0 Å². The van der Waals surface area contributed by atoms with Crippen LogP contribution in [0.3, 0.4) is 0 Å². The van der Waals surface area contributed by atoms with E-state index in [4.69, 9.17) is 15.9 Å². The van der Waals surface area contributed by atoms with Crippen molar-refractivity contribution in [1.29, 1.82) is 0 Å². The van der Waals surface area contributed by atoms with Gasteiger partial charge in [0, 0.05) is 0 Å². The fourth-order valence-electron chi connectivity index (χ4n) is 2.46. The molecule has 5 atom stereocenters. The number of aliphatic hydroxyl groups excluding tert-OH is 1. The van der Waals surface area contributed by atoms with Crippen LogP contribution in [0.4, 0.5) is 0 Å². The molecule has 0 aliphatic heterocycles. The summed E-state index contributed by atoms with van der Waals surface area (Å²) in [6, 6.07) is -5.25. The van der Waals surface area contributed by atoms with Crippen LogP contribution in [-0.4, -0.2) is 75.8 Å². The first-order valence-electron chi connectivity index (χ1n) is 9.57. The number of amides is 3. The minimum atomic E-state index is -1.55. The Labute approximate surface area is 174 Å². The number of aliphatic carboxylic acids is 2. The molecule has 0 aromatic rings. The summed E-state index contributed by atoms with van der Waals surface area (Å²) in [5.41, 5.74) is 5.37. The number of hydrogen-bond acceptors (Lipinski definition) is 7. The smallest absolute Gasteiger partial charge is 0.326 e. The molecule has 0 fully saturated rings. The van der Waals surface area contributed by atoms with E-state index in [0.29, 0.717) is 6.42 Å². The van der Waals surface area contributed by atoms with Crippen molar-refractivity contribution in [2.75, 3.05) is 6.61 Å². The summed E-state index contributed by atoms with van der Waals surface area (Å²) in [5, 5.41) is 34.1. The Bertz CT molecular complexity index is 640. The van der Waals surface area contributed by atoms with E-state index < -0.39 is 78.7 Å². The molecule has 0 aromatic carbocycles. The summed E-state index contributed by atoms with van der Waals surface area (Å²) in [7, 11) is 0. The molecule has 0 saturated heterocycles. The van der Waals surface area contributed by atoms with Crippen molar-refractivity contribution in [3.8, 4) is 0 Å². The lowest BCUT2D eigenvalue weighted by atomic mass is 9.96. The zero-order valence-corrected chi connectivity index (χ0v) is 17.5. The van der Waals surface area contributed by atoms with Crippen LogP contribution >= 0.6 is 0 Å². The Morgan fingerprint density at radius 3 is 1.80 bits per heavy atom. The summed E-state index contributed by atoms with van der Waals surface area (Å²) in [4.78, 5) is 59.6. The lowest BCUT2D eigenvalue weighted by Gasteiger charge is -2.28. The number of nitrogens with one attached hydrogen (secondary N) is 3. The Morgan fingerprint density at radius 1 is 0.867 bits per heavy atom. The van der Waals surface area contributed by atoms with Crippen LogP contribution in [0, 0.1) is 11.8 Å². The number of carboxylic acids is 2. The fraction of sp³-hybridized carbons (Fsp3) is 0.722. The Balaban J connectivity index is 5.54. The molecule has 0 rings (SSSR count). The van der Waals surface area contributed by atoms with Crippen molar-refractivity contribution in [3.63, 3.8) is 0 Å². The number of carbonyl (C=O) groups excluding carboxylic acids is 3. The van der Waals surface area contributed by atoms with E-state index in [0.717, 1.165) is 0 Å². The molecule has 0 heterocycles. The van der Waals surface area contributed by atoms with Gasteiger partial charge in [-0.15, -0.1) is 0 Å². The van der Waals surface area contributed by atoms with Crippen molar-refractivity contribution >= 4 is 29.7 Å². The third kappa shape index (κ3) is 8.74. The van der Waals surface area contributed by atoms with Gasteiger partial charge in [-0.05, 0) is 11.8 Å². The molecule has 0 aliphatic rings. The van der Waals surface area contributed by atoms with Gasteiger partial charge >= 0.3 is 11.9 Å². The van der Waals surface area contributed by atoms with Crippen LogP contribution in [0.25, 0.3) is 0 Å². The van der Waals surface area contributed by atoms with Crippen molar-refractivity contribution in [2.24, 2.45) is 17.6 Å². The van der Waals surface area contributed by atoms with Crippen molar-refractivity contribution in [3.05, 3.63) is 0 Å². The molecule has 12 nitrogen and oxygen atoms in total. The van der Waals surface area contributed by atoms with Crippen molar-refractivity contribution in [2.45, 2.75) is 64.7 Å². The van der Waals surface area contributed by atoms with Gasteiger partial charge in [-0.1, -0.05) is 34.1 Å². The first-order valence-corrected chi connectivity index (χ1v) is 9.57. The lowest BCUT2D eigenvalue weighted by Crippen LogP contribution is -2.59. The van der Waals surface area contributed by atoms with E-state index in [1.54, 1.807) is 27.7 Å². The average Bonchev–Trinajstić information content (AvgIpc) is 2.66. The van der Waals surface area contributed by atoms with Crippen molar-refractivity contribution in [1.82, 2.24) is 16.0 Å². The third-order valence-corrected chi connectivity index (χ3v) is 4.57. The van der Waals surface area contributed by atoms with Gasteiger partial charge in [-0.3, -0.25) is 19.2 Å². The highest BCUT2D eigenvalue weighted by Gasteiger charge is 2.34. The fourth-order valence-corrected chi connectivity index (χ4v) is 2.46. The monoisotopic (exact) mass is 432 g/mol. The Kier molecular flexibility index (Phi) is 11.6. The predicted octanol–water partition coefficient (Wildman–Crippen LogP) is -1.98. The van der Waals surface area contributed by atoms with Crippen molar-refractivity contribution < 1.29 is 39.3 Å². The van der Waals surface area contributed by atoms with Gasteiger partial charge in [0.15, 0.2) is 0 Å². The highest BCUT2D eigenvalue weighted by Crippen LogP contribution is 2.11. The van der Waals surface area contributed by atoms with Gasteiger partial charge in [0.1, 0.15) is 24.2 Å². The molecule has 3 amide bonds. The molecular weight excluding hydrogens is 400 g/mol. The van der Waals surface area contributed by atoms with E-state index in [2.05, 4.69) is 16.0 Å². The van der Waals surface area contributed by atoms with E-state index in [-0.39, 0.29) is 0 Å². The van der Waals surface area contributed by atoms with Gasteiger partial charge in [-0.25, -0.2) is 4.79 Å². The second-order valence-corrected chi connectivity index (χ2v) is 7.39. The molecule has 0 aromatic heterocycles. The molecular formula is C18H32N4O8. The standard InChI is InChI=1S/C18H32N4O8/c1-5-9(4)14(17(28)21-13(8(2)3)18(29)30)22-16(27)11(6-12(24)25)20-15(26)10(19)7-23/h8-11,13-14,23H,5-7,19H2,1-4H3,(H,20,26)(H,21,28)(H,22,27)(H,24,25)(H,29,30). The number of rotatable bonds is 13. The quantitative estimate of drug-likeness (QED) is 0.172. The van der Waals surface area contributed by atoms with E-state index in [1.807, 2.05) is 0 Å². The van der Waals surface area contributed by atoms with Crippen LogP contribution in [0.5, 0.6) is 0 Å². The van der Waals surface area contributed by atoms with E-state index in [1.165, 1.54) is 0 Å². The molecule has 30 heavy (non-hydrogen) atoms.